The molecule has 108 valence electrons. The molecule has 1 atom stereocenters. The Bertz CT molecular complexity index is 711. The van der Waals surface area contributed by atoms with Gasteiger partial charge in [0.25, 0.3) is 0 Å². The van der Waals surface area contributed by atoms with Gasteiger partial charge in [0.15, 0.2) is 0 Å². The van der Waals surface area contributed by atoms with E-state index in [4.69, 9.17) is 5.73 Å². The summed E-state index contributed by atoms with van der Waals surface area (Å²) in [5.74, 6) is 0. The first-order valence-electron chi connectivity index (χ1n) is 6.51. The van der Waals surface area contributed by atoms with Crippen molar-refractivity contribution in [1.29, 1.82) is 0 Å². The number of pyridine rings is 1. The number of aromatic nitrogens is 1. The Morgan fingerprint density at radius 3 is 2.80 bits per heavy atom. The molecular formula is C14H19N3O2S. The van der Waals surface area contributed by atoms with Crippen LogP contribution in [0.15, 0.2) is 35.4 Å². The summed E-state index contributed by atoms with van der Waals surface area (Å²) < 4.78 is 27.3. The zero-order valence-electron chi connectivity index (χ0n) is 11.6. The first kappa shape index (κ1) is 14.9. The van der Waals surface area contributed by atoms with Crippen LogP contribution >= 0.6 is 0 Å². The number of nitrogens with two attached hydrogens (primary N) is 1. The smallest absolute Gasteiger partial charge is 0.241 e. The fraction of sp³-hybridized carbons (Fsp3) is 0.357. The van der Waals surface area contributed by atoms with Gasteiger partial charge in [0.1, 0.15) is 0 Å². The molecule has 2 aromatic rings. The predicted octanol–water partition coefficient (Wildman–Crippen LogP) is 1.56. The zero-order chi connectivity index (χ0) is 14.8. The number of nitrogens with zero attached hydrogens (tertiary/aromatic N) is 1. The van der Waals surface area contributed by atoms with Crippen LogP contribution in [0.1, 0.15) is 18.9 Å². The van der Waals surface area contributed by atoms with E-state index >= 15 is 0 Å². The van der Waals surface area contributed by atoms with E-state index in [1.165, 1.54) is 0 Å². The van der Waals surface area contributed by atoms with Crippen molar-refractivity contribution in [2.24, 2.45) is 5.73 Å². The molecule has 6 heteroatoms. The molecule has 0 spiro atoms. The van der Waals surface area contributed by atoms with Gasteiger partial charge in [-0.05, 0) is 44.0 Å². The maximum absolute atomic E-state index is 12.4. The van der Waals surface area contributed by atoms with E-state index in [0.717, 1.165) is 5.56 Å². The first-order valence-corrected chi connectivity index (χ1v) is 8.00. The molecule has 2 rings (SSSR count). The second-order valence-corrected chi connectivity index (χ2v) is 6.68. The van der Waals surface area contributed by atoms with E-state index in [2.05, 4.69) is 9.71 Å². The van der Waals surface area contributed by atoms with E-state index in [0.29, 0.717) is 23.9 Å². The minimum atomic E-state index is -3.54. The summed E-state index contributed by atoms with van der Waals surface area (Å²) in [6, 6.07) is 6.87. The number of hydrogen-bond donors (Lipinski definition) is 2. The van der Waals surface area contributed by atoms with Crippen LogP contribution in [0, 0.1) is 6.92 Å². The van der Waals surface area contributed by atoms with Crippen molar-refractivity contribution in [1.82, 2.24) is 9.71 Å². The van der Waals surface area contributed by atoms with Crippen LogP contribution < -0.4 is 10.5 Å². The fourth-order valence-corrected chi connectivity index (χ4v) is 3.26. The van der Waals surface area contributed by atoms with Crippen molar-refractivity contribution < 1.29 is 8.42 Å². The highest BCUT2D eigenvalue weighted by molar-refractivity contribution is 7.89. The zero-order valence-corrected chi connectivity index (χ0v) is 12.4. The van der Waals surface area contributed by atoms with E-state index in [1.54, 1.807) is 30.5 Å². The Kier molecular flexibility index (Phi) is 4.37. The van der Waals surface area contributed by atoms with E-state index < -0.39 is 10.0 Å². The Morgan fingerprint density at radius 2 is 2.10 bits per heavy atom. The monoisotopic (exact) mass is 293 g/mol. The largest absolute Gasteiger partial charge is 0.328 e. The van der Waals surface area contributed by atoms with Gasteiger partial charge in [0, 0.05) is 24.2 Å². The standard InChI is InChI=1S/C14H19N3O2S/c1-10-5-6-13(12-4-3-8-16-14(10)12)20(18,19)17-9-7-11(2)15/h3-6,8,11,17H,7,9,15H2,1-2H3. The van der Waals surface area contributed by atoms with Crippen molar-refractivity contribution in [2.45, 2.75) is 31.2 Å². The SMILES string of the molecule is Cc1ccc(S(=O)(=O)NCCC(C)N)c2cccnc12. The van der Waals surface area contributed by atoms with Crippen LogP contribution in [0.4, 0.5) is 0 Å². The maximum atomic E-state index is 12.4. The molecule has 1 aromatic heterocycles. The van der Waals surface area contributed by atoms with Crippen LogP contribution in [-0.4, -0.2) is 26.0 Å². The Labute approximate surface area is 119 Å². The molecule has 1 unspecified atom stereocenters. The molecule has 3 N–H and O–H groups in total. The van der Waals surface area contributed by atoms with E-state index in [9.17, 15) is 8.42 Å². The molecule has 0 aliphatic heterocycles. The topological polar surface area (TPSA) is 85.1 Å². The molecule has 0 fully saturated rings. The van der Waals surface area contributed by atoms with Crippen LogP contribution in [-0.2, 0) is 10.0 Å². The molecule has 0 aliphatic carbocycles. The lowest BCUT2D eigenvalue weighted by Gasteiger charge is -2.11. The molecule has 0 aliphatic rings. The number of hydrogen-bond acceptors (Lipinski definition) is 4. The van der Waals surface area contributed by atoms with Gasteiger partial charge in [-0.2, -0.15) is 0 Å². The lowest BCUT2D eigenvalue weighted by molar-refractivity contribution is 0.572. The van der Waals surface area contributed by atoms with Gasteiger partial charge >= 0.3 is 0 Å². The summed E-state index contributed by atoms with van der Waals surface area (Å²) in [5.41, 5.74) is 7.29. The highest BCUT2D eigenvalue weighted by atomic mass is 32.2. The van der Waals surface area contributed by atoms with Gasteiger partial charge in [0.05, 0.1) is 10.4 Å². The van der Waals surface area contributed by atoms with Crippen LogP contribution in [0.2, 0.25) is 0 Å². The third-order valence-electron chi connectivity index (χ3n) is 3.11. The average molecular weight is 293 g/mol. The van der Waals surface area contributed by atoms with Crippen molar-refractivity contribution >= 4 is 20.9 Å². The van der Waals surface area contributed by atoms with E-state index in [1.807, 2.05) is 13.8 Å². The predicted molar refractivity (Wildman–Crippen MR) is 79.9 cm³/mol. The van der Waals surface area contributed by atoms with Gasteiger partial charge in [-0.1, -0.05) is 6.07 Å². The van der Waals surface area contributed by atoms with E-state index in [-0.39, 0.29) is 10.9 Å². The molecule has 0 radical (unpaired) electrons. The molecular weight excluding hydrogens is 274 g/mol. The van der Waals surface area contributed by atoms with Gasteiger partial charge in [-0.3, -0.25) is 4.98 Å². The third kappa shape index (κ3) is 3.15. The van der Waals surface area contributed by atoms with Crippen LogP contribution in [0.3, 0.4) is 0 Å². The fourth-order valence-electron chi connectivity index (χ4n) is 2.02. The van der Waals surface area contributed by atoms with Crippen molar-refractivity contribution in [3.8, 4) is 0 Å². The molecule has 0 saturated heterocycles. The number of fused-ring (bicyclic) bond motifs is 1. The lowest BCUT2D eigenvalue weighted by Crippen LogP contribution is -2.29. The molecule has 20 heavy (non-hydrogen) atoms. The molecule has 5 nitrogen and oxygen atoms in total. The Morgan fingerprint density at radius 1 is 1.35 bits per heavy atom. The summed E-state index contributed by atoms with van der Waals surface area (Å²) in [6.07, 6.45) is 2.26. The molecule has 0 bridgehead atoms. The summed E-state index contributed by atoms with van der Waals surface area (Å²) in [7, 11) is -3.54. The van der Waals surface area contributed by atoms with Crippen LogP contribution in [0.5, 0.6) is 0 Å². The van der Waals surface area contributed by atoms with Crippen molar-refractivity contribution in [3.05, 3.63) is 36.0 Å². The Hall–Kier alpha value is -1.50. The summed E-state index contributed by atoms with van der Waals surface area (Å²) in [6.45, 7) is 4.09. The quantitative estimate of drug-likeness (QED) is 0.876. The number of sulfonamides is 1. The van der Waals surface area contributed by atoms with Gasteiger partial charge in [0.2, 0.25) is 10.0 Å². The molecule has 0 saturated carbocycles. The highest BCUT2D eigenvalue weighted by Gasteiger charge is 2.18. The van der Waals surface area contributed by atoms with Gasteiger partial charge < -0.3 is 5.73 Å². The van der Waals surface area contributed by atoms with Crippen LogP contribution in [0.25, 0.3) is 10.9 Å². The van der Waals surface area contributed by atoms with Crippen molar-refractivity contribution in [3.63, 3.8) is 0 Å². The van der Waals surface area contributed by atoms with Crippen molar-refractivity contribution in [2.75, 3.05) is 6.54 Å². The van der Waals surface area contributed by atoms with Gasteiger partial charge in [-0.15, -0.1) is 0 Å². The number of benzene rings is 1. The summed E-state index contributed by atoms with van der Waals surface area (Å²) in [4.78, 5) is 4.51. The normalized spacial score (nSPS) is 13.6. The number of nitrogens with one attached hydrogen (secondary N) is 1. The molecule has 1 heterocycles. The Balaban J connectivity index is 2.40. The second kappa shape index (κ2) is 5.87. The summed E-state index contributed by atoms with van der Waals surface area (Å²) in [5, 5.41) is 0.640. The van der Waals surface area contributed by atoms with Gasteiger partial charge in [-0.25, -0.2) is 13.1 Å². The molecule has 0 amide bonds. The minimum Gasteiger partial charge on any atom is -0.328 e. The molecule has 1 aromatic carbocycles. The average Bonchev–Trinajstić information content (AvgIpc) is 2.38. The number of aryl methyl sites for hydroxylation is 1. The highest BCUT2D eigenvalue weighted by Crippen LogP contribution is 2.23. The minimum absolute atomic E-state index is 0.0332. The lowest BCUT2D eigenvalue weighted by atomic mass is 10.1. The third-order valence-corrected chi connectivity index (χ3v) is 4.63. The first-order chi connectivity index (χ1) is 9.42. The number of rotatable bonds is 5. The maximum Gasteiger partial charge on any atom is 0.241 e. The second-order valence-electron chi connectivity index (χ2n) is 4.94. The summed E-state index contributed by atoms with van der Waals surface area (Å²) >= 11 is 0.